The second-order valence-electron chi connectivity index (χ2n) is 6.10. The van der Waals surface area contributed by atoms with Gasteiger partial charge in [-0.05, 0) is 24.6 Å². The fourth-order valence-corrected chi connectivity index (χ4v) is 4.15. The molecule has 2 aromatic rings. The van der Waals surface area contributed by atoms with Gasteiger partial charge in [0.05, 0.1) is 16.0 Å². The second kappa shape index (κ2) is 7.26. The third kappa shape index (κ3) is 4.00. The van der Waals surface area contributed by atoms with Gasteiger partial charge in [-0.2, -0.15) is 0 Å². The Labute approximate surface area is 156 Å². The number of halogens is 1. The summed E-state index contributed by atoms with van der Waals surface area (Å²) in [6.45, 7) is 0.516. The minimum absolute atomic E-state index is 0.0351. The molecule has 1 aromatic carbocycles. The number of rotatable bonds is 4. The van der Waals surface area contributed by atoms with Crippen LogP contribution in [-0.4, -0.2) is 42.9 Å². The summed E-state index contributed by atoms with van der Waals surface area (Å²) in [5.41, 5.74) is 0.333. The Morgan fingerprint density at radius 1 is 1.42 bits per heavy atom. The van der Waals surface area contributed by atoms with Crippen LogP contribution in [0.15, 0.2) is 35.5 Å². The van der Waals surface area contributed by atoms with Crippen molar-refractivity contribution in [1.82, 2.24) is 14.9 Å². The first kappa shape index (κ1) is 18.7. The molecule has 1 fully saturated rings. The summed E-state index contributed by atoms with van der Waals surface area (Å²) in [7, 11) is -1.63. The van der Waals surface area contributed by atoms with E-state index in [1.807, 2.05) is 17.8 Å². The van der Waals surface area contributed by atoms with Crippen LogP contribution in [0.1, 0.15) is 18.3 Å². The highest BCUT2D eigenvalue weighted by molar-refractivity contribution is 7.90. The van der Waals surface area contributed by atoms with Crippen LogP contribution in [0.2, 0.25) is 5.02 Å². The lowest BCUT2D eigenvalue weighted by molar-refractivity contribution is 0.0913. The van der Waals surface area contributed by atoms with Gasteiger partial charge >= 0.3 is 6.03 Å². The van der Waals surface area contributed by atoms with Crippen molar-refractivity contribution >= 4 is 33.2 Å². The molecule has 0 spiro atoms. The normalized spacial score (nSPS) is 20.1. The summed E-state index contributed by atoms with van der Waals surface area (Å²) >= 11 is 5.91. The summed E-state index contributed by atoms with van der Waals surface area (Å²) in [5, 5.41) is 5.60. The minimum Gasteiger partial charge on any atom is -0.368 e. The van der Waals surface area contributed by atoms with Crippen LogP contribution < -0.4 is 10.6 Å². The van der Waals surface area contributed by atoms with Gasteiger partial charge in [0.15, 0.2) is 9.84 Å². The summed E-state index contributed by atoms with van der Waals surface area (Å²) in [6.07, 6.45) is 4.87. The first-order chi connectivity index (χ1) is 12.3. The summed E-state index contributed by atoms with van der Waals surface area (Å²) < 4.78 is 31.0. The van der Waals surface area contributed by atoms with Crippen LogP contribution in [0.4, 0.5) is 10.5 Å². The molecule has 0 aliphatic carbocycles. The lowest BCUT2D eigenvalue weighted by Gasteiger charge is -2.20. The van der Waals surface area contributed by atoms with Gasteiger partial charge in [0.2, 0.25) is 0 Å². The van der Waals surface area contributed by atoms with Crippen LogP contribution in [0.3, 0.4) is 0 Å². The van der Waals surface area contributed by atoms with Crippen molar-refractivity contribution in [1.29, 1.82) is 0 Å². The molecule has 3 rings (SSSR count). The third-order valence-electron chi connectivity index (χ3n) is 4.11. The molecule has 8 nitrogen and oxygen atoms in total. The fraction of sp³-hybridized carbons (Fsp3) is 0.375. The smallest absolute Gasteiger partial charge is 0.319 e. The van der Waals surface area contributed by atoms with Crippen LogP contribution in [-0.2, 0) is 21.6 Å². The Morgan fingerprint density at radius 2 is 2.19 bits per heavy atom. The Morgan fingerprint density at radius 3 is 2.85 bits per heavy atom. The Bertz CT molecular complexity index is 928. The molecule has 2 heterocycles. The van der Waals surface area contributed by atoms with Crippen molar-refractivity contribution < 1.29 is 17.9 Å². The van der Waals surface area contributed by atoms with E-state index in [9.17, 15) is 13.2 Å². The number of aromatic nitrogens is 2. The van der Waals surface area contributed by atoms with E-state index in [0.29, 0.717) is 18.7 Å². The molecule has 1 saturated heterocycles. The number of amides is 2. The van der Waals surface area contributed by atoms with E-state index < -0.39 is 15.9 Å². The fourth-order valence-electron chi connectivity index (χ4n) is 2.84. The molecule has 0 radical (unpaired) electrons. The van der Waals surface area contributed by atoms with Gasteiger partial charge < -0.3 is 19.9 Å². The molecule has 140 valence electrons. The number of nitrogens with zero attached hydrogens (tertiary/aromatic N) is 2. The molecule has 0 bridgehead atoms. The number of imidazole rings is 1. The zero-order valence-corrected chi connectivity index (χ0v) is 15.8. The van der Waals surface area contributed by atoms with Crippen molar-refractivity contribution in [3.05, 3.63) is 41.4 Å². The number of hydrogen-bond acceptors (Lipinski definition) is 5. The Balaban J connectivity index is 1.70. The lowest BCUT2D eigenvalue weighted by Crippen LogP contribution is -2.40. The minimum atomic E-state index is -3.49. The number of urea groups is 1. The Hall–Kier alpha value is -2.10. The topological polar surface area (TPSA) is 102 Å². The summed E-state index contributed by atoms with van der Waals surface area (Å²) in [4.78, 5) is 16.6. The maximum absolute atomic E-state index is 12.3. The molecular weight excluding hydrogens is 380 g/mol. The molecule has 2 N–H and O–H groups in total. The van der Waals surface area contributed by atoms with Crippen LogP contribution in [0.25, 0.3) is 0 Å². The number of aryl methyl sites for hydroxylation is 1. The first-order valence-corrected chi connectivity index (χ1v) is 10.2. The molecule has 10 heteroatoms. The zero-order valence-electron chi connectivity index (χ0n) is 14.3. The number of sulfone groups is 1. The number of benzene rings is 1. The molecule has 26 heavy (non-hydrogen) atoms. The predicted octanol–water partition coefficient (Wildman–Crippen LogP) is 2.13. The van der Waals surface area contributed by atoms with Crippen molar-refractivity contribution in [3.8, 4) is 0 Å². The third-order valence-corrected chi connectivity index (χ3v) is 5.69. The highest BCUT2D eigenvalue weighted by Gasteiger charge is 2.33. The van der Waals surface area contributed by atoms with E-state index >= 15 is 0 Å². The monoisotopic (exact) mass is 398 g/mol. The highest BCUT2D eigenvalue weighted by Crippen LogP contribution is 2.28. The van der Waals surface area contributed by atoms with E-state index in [2.05, 4.69) is 15.6 Å². The van der Waals surface area contributed by atoms with E-state index in [-0.39, 0.29) is 22.1 Å². The number of carbonyl (C=O) groups is 1. The number of hydrogen-bond donors (Lipinski definition) is 2. The number of carbonyl (C=O) groups excluding carboxylic acids is 1. The molecule has 2 atom stereocenters. The van der Waals surface area contributed by atoms with Crippen molar-refractivity contribution in [2.24, 2.45) is 7.05 Å². The van der Waals surface area contributed by atoms with Crippen LogP contribution in [0.5, 0.6) is 0 Å². The van der Waals surface area contributed by atoms with Gasteiger partial charge in [0.25, 0.3) is 0 Å². The van der Waals surface area contributed by atoms with Gasteiger partial charge in [0, 0.05) is 38.0 Å². The van der Waals surface area contributed by atoms with Crippen LogP contribution >= 0.6 is 11.6 Å². The van der Waals surface area contributed by atoms with Crippen molar-refractivity contribution in [2.75, 3.05) is 18.2 Å². The average Bonchev–Trinajstić information content (AvgIpc) is 3.16. The molecule has 2 amide bonds. The van der Waals surface area contributed by atoms with E-state index in [1.165, 1.54) is 18.2 Å². The molecule has 0 unspecified atom stereocenters. The summed E-state index contributed by atoms with van der Waals surface area (Å²) in [6, 6.07) is 3.61. The maximum Gasteiger partial charge on any atom is 0.319 e. The van der Waals surface area contributed by atoms with Gasteiger partial charge in [-0.25, -0.2) is 18.2 Å². The summed E-state index contributed by atoms with van der Waals surface area (Å²) in [5.74, 6) is 0.735. The zero-order chi connectivity index (χ0) is 18.9. The van der Waals surface area contributed by atoms with Crippen molar-refractivity contribution in [3.63, 3.8) is 0 Å². The highest BCUT2D eigenvalue weighted by atomic mass is 35.5. The quantitative estimate of drug-likeness (QED) is 0.821. The lowest BCUT2D eigenvalue weighted by atomic mass is 10.1. The van der Waals surface area contributed by atoms with Gasteiger partial charge in [-0.1, -0.05) is 11.6 Å². The van der Waals surface area contributed by atoms with Gasteiger partial charge in [0.1, 0.15) is 11.9 Å². The van der Waals surface area contributed by atoms with Gasteiger partial charge in [-0.3, -0.25) is 0 Å². The van der Waals surface area contributed by atoms with E-state index in [1.54, 1.807) is 6.20 Å². The molecule has 1 aromatic heterocycles. The second-order valence-corrected chi connectivity index (χ2v) is 8.49. The molecule has 0 saturated carbocycles. The first-order valence-electron chi connectivity index (χ1n) is 7.91. The maximum atomic E-state index is 12.3. The van der Waals surface area contributed by atoms with Gasteiger partial charge in [-0.15, -0.1) is 0 Å². The average molecular weight is 399 g/mol. The molecular formula is C16H19ClN4O4S. The standard InChI is InChI=1S/C16H19ClN4O4S/c1-21-7-6-18-15(21)14-12(5-8-25-14)20-16(22)19-10-3-4-11(17)13(9-10)26(2,23)24/h3-4,6-7,9,12,14H,5,8H2,1-2H3,(H2,19,20,22)/t12-,14-/m1/s1. The number of ether oxygens (including phenoxy) is 1. The SMILES string of the molecule is Cn1ccnc1[C@@H]1OCC[C@H]1NC(=O)Nc1ccc(Cl)c(S(C)(=O)=O)c1. The van der Waals surface area contributed by atoms with Crippen LogP contribution in [0, 0.1) is 0 Å². The number of anilines is 1. The predicted molar refractivity (Wildman–Crippen MR) is 97.0 cm³/mol. The molecule has 1 aliphatic heterocycles. The molecule has 1 aliphatic rings. The van der Waals surface area contributed by atoms with Crippen molar-refractivity contribution in [2.45, 2.75) is 23.5 Å². The number of nitrogens with one attached hydrogen (secondary N) is 2. The van der Waals surface area contributed by atoms with E-state index in [4.69, 9.17) is 16.3 Å². The van der Waals surface area contributed by atoms with E-state index in [0.717, 1.165) is 12.1 Å². The largest absolute Gasteiger partial charge is 0.368 e. The Kier molecular flexibility index (Phi) is 5.22.